The average molecular weight is 750 g/mol. The van der Waals surface area contributed by atoms with Crippen LogP contribution >= 0.6 is 0 Å². The Morgan fingerprint density at radius 1 is 0.811 bits per heavy atom. The summed E-state index contributed by atoms with van der Waals surface area (Å²) in [7, 11) is 0. The third kappa shape index (κ3) is 16.7. The van der Waals surface area contributed by atoms with Gasteiger partial charge in [-0.05, 0) is 63.7 Å². The Hall–Kier alpha value is -3.31. The van der Waals surface area contributed by atoms with Gasteiger partial charge in [0.15, 0.2) is 0 Å². The number of esters is 5. The summed E-state index contributed by atoms with van der Waals surface area (Å²) in [4.78, 5) is 91.7. The number of rotatable bonds is 28. The van der Waals surface area contributed by atoms with Crippen LogP contribution in [0.4, 0.5) is 0 Å². The molecule has 0 radical (unpaired) electrons. The van der Waals surface area contributed by atoms with E-state index in [0.717, 1.165) is 51.4 Å². The number of carbonyl (C=O) groups excluding carboxylic acids is 7. The third-order valence-electron chi connectivity index (χ3n) is 10.4. The van der Waals surface area contributed by atoms with Crippen LogP contribution < -0.4 is 0 Å². The fraction of sp³-hybridized carbons (Fsp3) is 0.829. The van der Waals surface area contributed by atoms with E-state index in [4.69, 9.17) is 18.9 Å². The number of ether oxygens (including phenoxy) is 4. The van der Waals surface area contributed by atoms with Crippen LogP contribution in [0.5, 0.6) is 0 Å². The maximum absolute atomic E-state index is 13.7. The molecule has 2 aliphatic rings. The van der Waals surface area contributed by atoms with Gasteiger partial charge in [0.25, 0.3) is 0 Å². The SMILES string of the molecule is CCCCCCCCOC(=O)C(C)CC(CC(COC(=O)CC(C)=O)CC1C(=O)OC(=O)C1C(CC)N1CCCC1=O)C(=O)OCCCCCC(C)C. The van der Waals surface area contributed by atoms with E-state index in [1.54, 1.807) is 11.8 Å². The summed E-state index contributed by atoms with van der Waals surface area (Å²) >= 11 is 0. The number of cyclic esters (lactones) is 2. The lowest BCUT2D eigenvalue weighted by Crippen LogP contribution is -2.45. The quantitative estimate of drug-likeness (QED) is 0.0353. The van der Waals surface area contributed by atoms with Crippen molar-refractivity contribution in [2.24, 2.45) is 35.5 Å². The van der Waals surface area contributed by atoms with Gasteiger partial charge >= 0.3 is 29.8 Å². The Morgan fingerprint density at radius 3 is 2.06 bits per heavy atom. The van der Waals surface area contributed by atoms with E-state index in [1.807, 2.05) is 6.92 Å². The molecule has 0 spiro atoms. The zero-order chi connectivity index (χ0) is 39.3. The van der Waals surface area contributed by atoms with Gasteiger partial charge in [0.1, 0.15) is 12.2 Å². The number of amides is 1. The summed E-state index contributed by atoms with van der Waals surface area (Å²) < 4.78 is 22.0. The molecule has 1 amide bonds. The molecule has 2 heterocycles. The van der Waals surface area contributed by atoms with Crippen molar-refractivity contribution in [3.8, 4) is 0 Å². The number of unbranched alkanes of at least 4 members (excludes halogenated alkanes) is 7. The fourth-order valence-electron chi connectivity index (χ4n) is 7.50. The maximum Gasteiger partial charge on any atom is 0.319 e. The highest BCUT2D eigenvalue weighted by molar-refractivity contribution is 5.97. The number of nitrogens with zero attached hydrogens (tertiary/aromatic N) is 1. The van der Waals surface area contributed by atoms with Crippen molar-refractivity contribution in [2.75, 3.05) is 26.4 Å². The van der Waals surface area contributed by atoms with Crippen LogP contribution in [0.1, 0.15) is 151 Å². The number of hydrogen-bond donors (Lipinski definition) is 0. The van der Waals surface area contributed by atoms with E-state index >= 15 is 0 Å². The van der Waals surface area contributed by atoms with Gasteiger partial charge in [-0.1, -0.05) is 86.0 Å². The number of Topliss-reactive ketones (excluding diaryl/α,β-unsaturated/α-hetero) is 1. The predicted molar refractivity (Wildman–Crippen MR) is 198 cm³/mol. The molecular formula is C41H67NO11. The Bertz CT molecular complexity index is 1200. The molecule has 2 saturated heterocycles. The molecule has 12 nitrogen and oxygen atoms in total. The first-order valence-corrected chi connectivity index (χ1v) is 20.3. The highest BCUT2D eigenvalue weighted by atomic mass is 16.6. The standard InChI is InChI=1S/C41H67NO11/c1-7-9-10-11-12-15-21-50-38(46)29(5)23-32(39(47)51-22-16-13-14-18-28(3)4)25-31(27-52-36(45)24-30(6)43)26-33-37(41(49)53-40(33)48)34(8-2)42-20-17-19-35(42)44/h28-29,31-34,37H,7-27H2,1-6H3. The van der Waals surface area contributed by atoms with E-state index < -0.39 is 71.9 Å². The smallest absolute Gasteiger partial charge is 0.319 e. The van der Waals surface area contributed by atoms with Crippen molar-refractivity contribution in [2.45, 2.75) is 157 Å². The van der Waals surface area contributed by atoms with Gasteiger partial charge in [-0.2, -0.15) is 0 Å². The second-order valence-corrected chi connectivity index (χ2v) is 15.6. The highest BCUT2D eigenvalue weighted by Gasteiger charge is 2.51. The van der Waals surface area contributed by atoms with E-state index in [0.29, 0.717) is 44.8 Å². The molecule has 0 aromatic heterocycles. The van der Waals surface area contributed by atoms with Gasteiger partial charge in [-0.3, -0.25) is 33.6 Å². The van der Waals surface area contributed by atoms with Crippen molar-refractivity contribution < 1.29 is 52.5 Å². The monoisotopic (exact) mass is 749 g/mol. The summed E-state index contributed by atoms with van der Waals surface area (Å²) in [6.07, 6.45) is 11.2. The lowest BCUT2D eigenvalue weighted by molar-refractivity contribution is -0.155. The molecule has 2 rings (SSSR count). The lowest BCUT2D eigenvalue weighted by atomic mass is 9.77. The van der Waals surface area contributed by atoms with Gasteiger partial charge in [0.05, 0.1) is 43.5 Å². The van der Waals surface area contributed by atoms with Crippen LogP contribution in [0.15, 0.2) is 0 Å². The molecule has 0 aromatic carbocycles. The Labute approximate surface area is 317 Å². The molecule has 302 valence electrons. The Balaban J connectivity index is 2.28. The minimum atomic E-state index is -0.949. The van der Waals surface area contributed by atoms with E-state index in [-0.39, 0.29) is 44.2 Å². The molecule has 2 aliphatic heterocycles. The van der Waals surface area contributed by atoms with E-state index in [1.165, 1.54) is 13.3 Å². The largest absolute Gasteiger partial charge is 0.465 e. The van der Waals surface area contributed by atoms with E-state index in [2.05, 4.69) is 20.8 Å². The molecule has 0 aliphatic carbocycles. The van der Waals surface area contributed by atoms with Crippen LogP contribution in [0, 0.1) is 35.5 Å². The van der Waals surface area contributed by atoms with Gasteiger partial charge in [0, 0.05) is 19.0 Å². The number of ketones is 1. The van der Waals surface area contributed by atoms with Crippen LogP contribution in [0.3, 0.4) is 0 Å². The second-order valence-electron chi connectivity index (χ2n) is 15.6. The number of likely N-dealkylation sites (tertiary alicyclic amines) is 1. The first-order chi connectivity index (χ1) is 25.3. The molecule has 2 fully saturated rings. The molecule has 53 heavy (non-hydrogen) atoms. The van der Waals surface area contributed by atoms with Crippen LogP contribution in [-0.4, -0.2) is 78.8 Å². The van der Waals surface area contributed by atoms with Crippen LogP contribution in [0.2, 0.25) is 0 Å². The van der Waals surface area contributed by atoms with Gasteiger partial charge in [0.2, 0.25) is 5.91 Å². The predicted octanol–water partition coefficient (Wildman–Crippen LogP) is 6.93. The average Bonchev–Trinajstić information content (AvgIpc) is 3.64. The topological polar surface area (TPSA) is 160 Å². The van der Waals surface area contributed by atoms with Gasteiger partial charge < -0.3 is 23.8 Å². The summed E-state index contributed by atoms with van der Waals surface area (Å²) in [5.41, 5.74) is 0. The molecule has 0 bridgehead atoms. The fourth-order valence-corrected chi connectivity index (χ4v) is 7.50. The normalized spacial score (nSPS) is 19.5. The molecule has 12 heteroatoms. The Morgan fingerprint density at radius 2 is 1.45 bits per heavy atom. The summed E-state index contributed by atoms with van der Waals surface area (Å²) in [6.45, 7) is 12.1. The zero-order valence-corrected chi connectivity index (χ0v) is 33.3. The van der Waals surface area contributed by atoms with Crippen molar-refractivity contribution in [1.82, 2.24) is 4.90 Å². The molecule has 6 unspecified atom stereocenters. The summed E-state index contributed by atoms with van der Waals surface area (Å²) in [6, 6.07) is -0.548. The van der Waals surface area contributed by atoms with Crippen molar-refractivity contribution in [3.05, 3.63) is 0 Å². The molecule has 0 aromatic rings. The van der Waals surface area contributed by atoms with Crippen LogP contribution in [0.25, 0.3) is 0 Å². The lowest BCUT2D eigenvalue weighted by Gasteiger charge is -2.33. The highest BCUT2D eigenvalue weighted by Crippen LogP contribution is 2.38. The number of carbonyl (C=O) groups is 7. The minimum absolute atomic E-state index is 0.0248. The van der Waals surface area contributed by atoms with Gasteiger partial charge in [-0.25, -0.2) is 0 Å². The molecule has 0 saturated carbocycles. The minimum Gasteiger partial charge on any atom is -0.465 e. The van der Waals surface area contributed by atoms with Crippen molar-refractivity contribution >= 4 is 41.5 Å². The zero-order valence-electron chi connectivity index (χ0n) is 33.3. The van der Waals surface area contributed by atoms with Crippen LogP contribution in [-0.2, 0) is 52.5 Å². The maximum atomic E-state index is 13.7. The van der Waals surface area contributed by atoms with Crippen molar-refractivity contribution in [1.29, 1.82) is 0 Å². The van der Waals surface area contributed by atoms with E-state index in [9.17, 15) is 33.6 Å². The Kier molecular flexibility index (Phi) is 21.5. The first kappa shape index (κ1) is 45.8. The molecular weight excluding hydrogens is 682 g/mol. The number of hydrogen-bond acceptors (Lipinski definition) is 11. The molecule has 0 N–H and O–H groups in total. The molecule has 6 atom stereocenters. The first-order valence-electron chi connectivity index (χ1n) is 20.3. The third-order valence-corrected chi connectivity index (χ3v) is 10.4. The summed E-state index contributed by atoms with van der Waals surface area (Å²) in [5.74, 6) is -6.92. The van der Waals surface area contributed by atoms with Gasteiger partial charge in [-0.15, -0.1) is 0 Å². The summed E-state index contributed by atoms with van der Waals surface area (Å²) in [5, 5.41) is 0. The second kappa shape index (κ2) is 24.9. The van der Waals surface area contributed by atoms with Crippen molar-refractivity contribution in [3.63, 3.8) is 0 Å².